The Hall–Kier alpha value is -3.20. The highest BCUT2D eigenvalue weighted by molar-refractivity contribution is 5.99. The summed E-state index contributed by atoms with van der Waals surface area (Å²) in [7, 11) is 0. The molecule has 4 rings (SSSR count). The van der Waals surface area contributed by atoms with Crippen molar-refractivity contribution in [2.24, 2.45) is 5.41 Å². The minimum Gasteiger partial charge on any atom is -0.406 e. The molecular formula is C23H24F3N3O3. The Kier molecular flexibility index (Phi) is 5.77. The number of aliphatic hydroxyl groups excluding tert-OH is 1. The molecule has 1 fully saturated rings. The molecule has 1 heterocycles. The third kappa shape index (κ3) is 4.67. The van der Waals surface area contributed by atoms with E-state index in [-0.39, 0.29) is 30.2 Å². The normalized spacial score (nSPS) is 15.4. The maximum absolute atomic E-state index is 13.0. The molecule has 3 aromatic rings. The predicted octanol–water partition coefficient (Wildman–Crippen LogP) is 4.06. The van der Waals surface area contributed by atoms with Crippen molar-refractivity contribution >= 4 is 22.5 Å². The summed E-state index contributed by atoms with van der Waals surface area (Å²) < 4.78 is 43.6. The van der Waals surface area contributed by atoms with Gasteiger partial charge in [-0.2, -0.15) is 0 Å². The van der Waals surface area contributed by atoms with E-state index in [9.17, 15) is 23.1 Å². The van der Waals surface area contributed by atoms with Gasteiger partial charge in [0.05, 0.1) is 6.61 Å². The van der Waals surface area contributed by atoms with Gasteiger partial charge >= 0.3 is 6.36 Å². The zero-order chi connectivity index (χ0) is 22.9. The van der Waals surface area contributed by atoms with Crippen LogP contribution in [0.5, 0.6) is 5.75 Å². The van der Waals surface area contributed by atoms with Crippen LogP contribution in [-0.2, 0) is 6.54 Å². The molecule has 1 aromatic heterocycles. The number of fused-ring (bicyclic) bond motifs is 1. The third-order valence-corrected chi connectivity index (χ3v) is 6.00. The molecule has 1 aliphatic carbocycles. The van der Waals surface area contributed by atoms with Gasteiger partial charge in [0.25, 0.3) is 5.91 Å². The summed E-state index contributed by atoms with van der Waals surface area (Å²) in [5.41, 5.74) is 7.78. The Morgan fingerprint density at radius 2 is 1.97 bits per heavy atom. The average Bonchev–Trinajstić information content (AvgIpc) is 3.03. The Bertz CT molecular complexity index is 1130. The van der Waals surface area contributed by atoms with Gasteiger partial charge in [0.1, 0.15) is 11.4 Å². The van der Waals surface area contributed by atoms with Gasteiger partial charge in [-0.05, 0) is 54.8 Å². The van der Waals surface area contributed by atoms with Crippen molar-refractivity contribution < 1.29 is 27.8 Å². The molecule has 0 saturated heterocycles. The summed E-state index contributed by atoms with van der Waals surface area (Å²) in [6, 6.07) is 12.6. The number of aliphatic hydroxyl groups is 1. The van der Waals surface area contributed by atoms with Crippen LogP contribution in [0.25, 0.3) is 10.9 Å². The maximum Gasteiger partial charge on any atom is 0.573 e. The lowest BCUT2D eigenvalue weighted by atomic mass is 9.69. The summed E-state index contributed by atoms with van der Waals surface area (Å²) >= 11 is 0. The van der Waals surface area contributed by atoms with E-state index in [2.05, 4.69) is 10.1 Å². The van der Waals surface area contributed by atoms with E-state index in [1.807, 2.05) is 0 Å². The molecule has 0 bridgehead atoms. The molecule has 0 radical (unpaired) electrons. The van der Waals surface area contributed by atoms with Crippen molar-refractivity contribution in [2.45, 2.75) is 32.2 Å². The lowest BCUT2D eigenvalue weighted by Crippen LogP contribution is -2.44. The van der Waals surface area contributed by atoms with Crippen molar-refractivity contribution in [1.82, 2.24) is 9.88 Å². The van der Waals surface area contributed by atoms with Crippen LogP contribution in [0, 0.1) is 5.41 Å². The van der Waals surface area contributed by atoms with Gasteiger partial charge < -0.3 is 25.5 Å². The first-order chi connectivity index (χ1) is 15.2. The smallest absolute Gasteiger partial charge is 0.406 e. The molecule has 0 unspecified atom stereocenters. The molecule has 4 N–H and O–H groups in total. The van der Waals surface area contributed by atoms with E-state index in [1.165, 1.54) is 18.2 Å². The van der Waals surface area contributed by atoms with Crippen LogP contribution in [0.4, 0.5) is 18.9 Å². The van der Waals surface area contributed by atoms with E-state index in [0.717, 1.165) is 30.2 Å². The highest BCUT2D eigenvalue weighted by Crippen LogP contribution is 2.39. The van der Waals surface area contributed by atoms with E-state index in [1.54, 1.807) is 34.9 Å². The Morgan fingerprint density at radius 3 is 2.62 bits per heavy atom. The van der Waals surface area contributed by atoms with E-state index >= 15 is 0 Å². The van der Waals surface area contributed by atoms with Crippen molar-refractivity contribution in [3.8, 4) is 5.75 Å². The van der Waals surface area contributed by atoms with Gasteiger partial charge in [0, 0.05) is 35.1 Å². The predicted molar refractivity (Wildman–Crippen MR) is 114 cm³/mol. The number of anilines is 1. The molecule has 170 valence electrons. The number of carbonyl (C=O) groups excluding carboxylic acids is 1. The van der Waals surface area contributed by atoms with Crippen LogP contribution in [0.2, 0.25) is 0 Å². The van der Waals surface area contributed by atoms with Crippen LogP contribution in [-0.4, -0.2) is 35.1 Å². The largest absolute Gasteiger partial charge is 0.573 e. The van der Waals surface area contributed by atoms with Gasteiger partial charge in [-0.25, -0.2) is 0 Å². The van der Waals surface area contributed by atoms with Gasteiger partial charge in [-0.15, -0.1) is 13.2 Å². The fraction of sp³-hybridized carbons (Fsp3) is 0.348. The first-order valence-corrected chi connectivity index (χ1v) is 10.3. The Labute approximate surface area is 182 Å². The van der Waals surface area contributed by atoms with Crippen molar-refractivity contribution in [3.05, 3.63) is 59.8 Å². The molecule has 2 aromatic carbocycles. The Morgan fingerprint density at radius 1 is 1.19 bits per heavy atom. The molecule has 1 aliphatic rings. The lowest BCUT2D eigenvalue weighted by molar-refractivity contribution is -0.274. The number of ether oxygens (including phenoxy) is 1. The zero-order valence-electron chi connectivity index (χ0n) is 17.3. The number of alkyl halides is 3. The number of rotatable bonds is 7. The second-order valence-electron chi connectivity index (χ2n) is 8.32. The number of aromatic nitrogens is 1. The summed E-state index contributed by atoms with van der Waals surface area (Å²) in [5.74, 6) is -0.640. The van der Waals surface area contributed by atoms with Gasteiger partial charge in [-0.1, -0.05) is 18.6 Å². The quantitative estimate of drug-likeness (QED) is 0.477. The highest BCUT2D eigenvalue weighted by Gasteiger charge is 2.36. The standard InChI is InChI=1S/C23H24F3N3O3/c24-23(25,26)32-18-4-1-3-15(9-18)12-29-19-6-5-17(27)10-16(19)11-20(29)21(31)28-13-22(14-30)7-2-8-22/h1,3-6,9-11,30H,2,7-8,12-14,27H2,(H,28,31). The van der Waals surface area contributed by atoms with Crippen molar-refractivity contribution in [2.75, 3.05) is 18.9 Å². The van der Waals surface area contributed by atoms with Crippen molar-refractivity contribution in [1.29, 1.82) is 0 Å². The summed E-state index contributed by atoms with van der Waals surface area (Å²) in [6.07, 6.45) is -2.05. The Balaban J connectivity index is 1.64. The van der Waals surface area contributed by atoms with Gasteiger partial charge in [0.2, 0.25) is 0 Å². The number of amides is 1. The molecule has 9 heteroatoms. The summed E-state index contributed by atoms with van der Waals surface area (Å²) in [6.45, 7) is 0.538. The molecule has 32 heavy (non-hydrogen) atoms. The molecule has 0 spiro atoms. The van der Waals surface area contributed by atoms with Crippen LogP contribution < -0.4 is 15.8 Å². The molecule has 1 amide bonds. The van der Waals surface area contributed by atoms with Gasteiger partial charge in [-0.3, -0.25) is 4.79 Å². The average molecular weight is 447 g/mol. The maximum atomic E-state index is 13.0. The van der Waals surface area contributed by atoms with E-state index in [4.69, 9.17) is 5.73 Å². The number of hydrogen-bond acceptors (Lipinski definition) is 4. The third-order valence-electron chi connectivity index (χ3n) is 6.00. The second-order valence-corrected chi connectivity index (χ2v) is 8.32. The number of nitrogens with zero attached hydrogens (tertiary/aromatic N) is 1. The van der Waals surface area contributed by atoms with E-state index in [0.29, 0.717) is 23.5 Å². The first kappa shape index (κ1) is 22.0. The lowest BCUT2D eigenvalue weighted by Gasteiger charge is -2.40. The number of nitrogens with two attached hydrogens (primary N) is 1. The number of hydrogen-bond donors (Lipinski definition) is 3. The molecule has 6 nitrogen and oxygen atoms in total. The number of carbonyl (C=O) groups is 1. The number of nitrogen functional groups attached to an aromatic ring is 1. The van der Waals surface area contributed by atoms with Crippen LogP contribution >= 0.6 is 0 Å². The highest BCUT2D eigenvalue weighted by atomic mass is 19.4. The monoisotopic (exact) mass is 447 g/mol. The zero-order valence-corrected chi connectivity index (χ0v) is 17.3. The minimum absolute atomic E-state index is 0.0127. The van der Waals surface area contributed by atoms with Crippen LogP contribution in [0.15, 0.2) is 48.5 Å². The molecule has 0 atom stereocenters. The number of benzene rings is 2. The number of nitrogens with one attached hydrogen (secondary N) is 1. The summed E-state index contributed by atoms with van der Waals surface area (Å²) in [4.78, 5) is 13.0. The van der Waals surface area contributed by atoms with E-state index < -0.39 is 6.36 Å². The molecular weight excluding hydrogens is 423 g/mol. The summed E-state index contributed by atoms with van der Waals surface area (Å²) in [5, 5.41) is 13.3. The topological polar surface area (TPSA) is 89.5 Å². The molecule has 1 saturated carbocycles. The first-order valence-electron chi connectivity index (χ1n) is 10.3. The second kappa shape index (κ2) is 8.38. The fourth-order valence-corrected chi connectivity index (χ4v) is 4.10. The minimum atomic E-state index is -4.79. The SMILES string of the molecule is Nc1ccc2c(c1)cc(C(=O)NCC1(CO)CCC1)n2Cc1cccc(OC(F)(F)F)c1. The van der Waals surface area contributed by atoms with Gasteiger partial charge in [0.15, 0.2) is 0 Å². The van der Waals surface area contributed by atoms with Crippen LogP contribution in [0.3, 0.4) is 0 Å². The fourth-order valence-electron chi connectivity index (χ4n) is 4.10. The van der Waals surface area contributed by atoms with Crippen LogP contribution in [0.1, 0.15) is 35.3 Å². The molecule has 0 aliphatic heterocycles. The number of halogens is 3. The van der Waals surface area contributed by atoms with Crippen molar-refractivity contribution in [3.63, 3.8) is 0 Å².